The smallest absolute Gasteiger partial charge is 0.248 e. The van der Waals surface area contributed by atoms with Gasteiger partial charge in [0.15, 0.2) is 11.7 Å². The SMILES string of the molecule is CCNN1CCC[C@H]1C(=O)N(C(=O)[C@H](CC(C)C)NCC(=O)[C@H](Cc1ccc(O)cc1)NC(=O)[C@H](CO)NC(=O)[C@H](Cc1c[nH]c2ccccc12)NC(=O)[C@H](Cc1cnc[nH]1)NC(=O)C1CCC(=O)N1)[C@H](C=O)CCCN=C(N)N. The quantitative estimate of drug-likeness (QED) is 0.0116. The Kier molecular flexibility index (Phi) is 22.8. The van der Waals surface area contributed by atoms with Gasteiger partial charge < -0.3 is 63.0 Å². The summed E-state index contributed by atoms with van der Waals surface area (Å²) in [7, 11) is 0. The minimum atomic E-state index is -1.71. The topological polar surface area (TPSA) is 394 Å². The van der Waals surface area contributed by atoms with E-state index < -0.39 is 103 Å². The number of rotatable bonds is 31. The Morgan fingerprint density at radius 3 is 2.24 bits per heavy atom. The molecule has 0 radical (unpaired) electrons. The van der Waals surface area contributed by atoms with Crippen molar-refractivity contribution in [1.82, 2.24) is 62.2 Å². The number of aliphatic hydroxyl groups excluding tert-OH is 1. The average Bonchev–Trinajstić information content (AvgIpc) is 4.34. The van der Waals surface area contributed by atoms with Gasteiger partial charge in [-0.2, -0.15) is 0 Å². The molecule has 0 saturated carbocycles. The fourth-order valence-electron chi connectivity index (χ4n) is 9.80. The van der Waals surface area contributed by atoms with E-state index in [9.17, 15) is 53.4 Å². The number of aldehydes is 1. The molecule has 7 amide bonds. The first-order valence-electron chi connectivity index (χ1n) is 26.9. The van der Waals surface area contributed by atoms with Crippen LogP contribution in [0.25, 0.3) is 10.9 Å². The van der Waals surface area contributed by atoms with E-state index in [1.165, 1.54) is 36.8 Å². The number of para-hydroxylation sites is 1. The number of phenolic OH excluding ortho intramolecular Hbond substituents is 1. The van der Waals surface area contributed by atoms with Crippen LogP contribution in [0.4, 0.5) is 0 Å². The summed E-state index contributed by atoms with van der Waals surface area (Å²) in [6.07, 6.45) is 6.48. The summed E-state index contributed by atoms with van der Waals surface area (Å²) in [6, 6.07) is 3.20. The third-order valence-electron chi connectivity index (χ3n) is 13.9. The lowest BCUT2D eigenvalue weighted by atomic mass is 9.98. The zero-order chi connectivity index (χ0) is 57.9. The Bertz CT molecular complexity index is 2800. The van der Waals surface area contributed by atoms with E-state index in [0.717, 1.165) is 15.8 Å². The molecule has 26 heteroatoms. The minimum absolute atomic E-state index is 0.0472. The number of hydrazine groups is 1. The highest BCUT2D eigenvalue weighted by Gasteiger charge is 2.42. The van der Waals surface area contributed by atoms with Gasteiger partial charge in [-0.3, -0.25) is 59.0 Å². The number of aliphatic imine (C=N–C) groups is 1. The number of benzene rings is 2. The molecule has 80 heavy (non-hydrogen) atoms. The molecule has 0 aliphatic carbocycles. The van der Waals surface area contributed by atoms with Gasteiger partial charge in [-0.05, 0) is 80.2 Å². The van der Waals surface area contributed by atoms with Crippen molar-refractivity contribution in [2.45, 2.75) is 133 Å². The van der Waals surface area contributed by atoms with E-state index in [-0.39, 0.29) is 81.4 Å². The van der Waals surface area contributed by atoms with Crippen molar-refractivity contribution in [3.8, 4) is 5.75 Å². The van der Waals surface area contributed by atoms with Gasteiger partial charge >= 0.3 is 0 Å². The van der Waals surface area contributed by atoms with Crippen molar-refractivity contribution in [2.75, 3.05) is 32.8 Å². The maximum absolute atomic E-state index is 14.8. The van der Waals surface area contributed by atoms with E-state index in [4.69, 9.17) is 11.5 Å². The third kappa shape index (κ3) is 17.2. The largest absolute Gasteiger partial charge is 0.508 e. The number of imidazole rings is 1. The number of aliphatic hydroxyl groups is 1. The second-order valence-corrected chi connectivity index (χ2v) is 20.4. The Morgan fingerprint density at radius 1 is 0.887 bits per heavy atom. The molecule has 2 aliphatic rings. The van der Waals surface area contributed by atoms with Gasteiger partial charge in [-0.25, -0.2) is 9.99 Å². The molecular weight excluding hydrogens is 1030 g/mol. The number of imide groups is 1. The number of aromatic amines is 2. The highest BCUT2D eigenvalue weighted by Crippen LogP contribution is 2.23. The van der Waals surface area contributed by atoms with Gasteiger partial charge in [-0.15, -0.1) is 0 Å². The molecule has 0 spiro atoms. The number of hydrogen-bond acceptors (Lipinski definition) is 16. The van der Waals surface area contributed by atoms with Crippen LogP contribution in [-0.4, -0.2) is 176 Å². The van der Waals surface area contributed by atoms with Gasteiger partial charge in [0.2, 0.25) is 41.4 Å². The first-order valence-corrected chi connectivity index (χ1v) is 26.9. The van der Waals surface area contributed by atoms with Crippen molar-refractivity contribution in [3.05, 3.63) is 84.1 Å². The number of nitrogens with two attached hydrogens (primary N) is 2. The van der Waals surface area contributed by atoms with E-state index in [1.807, 2.05) is 39.0 Å². The zero-order valence-electron chi connectivity index (χ0n) is 45.2. The van der Waals surface area contributed by atoms with Crippen LogP contribution >= 0.6 is 0 Å². The van der Waals surface area contributed by atoms with Gasteiger partial charge in [0.05, 0.1) is 37.6 Å². The van der Waals surface area contributed by atoms with Gasteiger partial charge in [0.25, 0.3) is 0 Å². The van der Waals surface area contributed by atoms with Gasteiger partial charge in [0.1, 0.15) is 42.2 Å². The second-order valence-electron chi connectivity index (χ2n) is 20.4. The lowest BCUT2D eigenvalue weighted by molar-refractivity contribution is -0.154. The summed E-state index contributed by atoms with van der Waals surface area (Å²) in [5.41, 5.74) is 16.5. The standard InChI is InChI=1S/C54H75N15O11/c1-4-62-68-20-8-12-45(68)53(80)69(35(28-70)9-7-19-58-54(55)56)52(79)43(21-31(2)3)60-27-46(73)40(22-32-13-15-36(72)16-14-32)64-51(78)44(29-71)67-49(76)41(23-33-25-59-38-11-6-5-10-37(33)38)65-50(77)42(24-34-26-57-30-61-34)66-48(75)39-17-18-47(74)63-39/h5-6,10-11,13-16,25-26,28,30-31,35,39-45,59-60,62,71-72H,4,7-9,12,17-24,27,29H2,1-3H3,(H,57,61)(H,63,74)(H,64,78)(H,65,77)(H,66,75)(H,67,76)(H4,55,56,58)/t35-,39?,40-,41-,42-,43-,44-,45-/m0/s1. The fraction of sp³-hybridized carbons (Fsp3) is 0.500. The van der Waals surface area contributed by atoms with E-state index in [2.05, 4.69) is 57.3 Å². The molecule has 1 unspecified atom stereocenters. The molecule has 4 heterocycles. The van der Waals surface area contributed by atoms with Crippen LogP contribution in [0, 0.1) is 5.92 Å². The average molecular weight is 1110 g/mol. The van der Waals surface area contributed by atoms with Crippen LogP contribution < -0.4 is 48.8 Å². The lowest BCUT2D eigenvalue weighted by Crippen LogP contribution is -2.61. The van der Waals surface area contributed by atoms with E-state index in [1.54, 1.807) is 17.3 Å². The zero-order valence-corrected chi connectivity index (χ0v) is 45.2. The summed E-state index contributed by atoms with van der Waals surface area (Å²) in [5.74, 6) is -6.04. The Hall–Kier alpha value is -8.07. The molecule has 15 N–H and O–H groups in total. The van der Waals surface area contributed by atoms with Crippen LogP contribution in [-0.2, 0) is 62.4 Å². The molecule has 2 fully saturated rings. The van der Waals surface area contributed by atoms with Crippen LogP contribution in [0.1, 0.15) is 82.5 Å². The normalized spacial score (nSPS) is 17.5. The van der Waals surface area contributed by atoms with Crippen LogP contribution in [0.3, 0.4) is 0 Å². The monoisotopic (exact) mass is 1110 g/mol. The summed E-state index contributed by atoms with van der Waals surface area (Å²) in [6.45, 7) is 5.21. The molecule has 2 aromatic heterocycles. The summed E-state index contributed by atoms with van der Waals surface area (Å²) >= 11 is 0. The van der Waals surface area contributed by atoms with Gasteiger partial charge in [0, 0.05) is 67.9 Å². The number of H-pyrrole nitrogens is 2. The van der Waals surface area contributed by atoms with Crippen molar-refractivity contribution in [3.63, 3.8) is 0 Å². The number of hydrogen-bond donors (Lipinski definition) is 13. The number of amides is 7. The number of phenols is 1. The second kappa shape index (κ2) is 29.8. The number of nitrogens with one attached hydrogen (secondary N) is 9. The maximum Gasteiger partial charge on any atom is 0.248 e. The number of aromatic nitrogens is 3. The molecule has 2 aliphatic heterocycles. The van der Waals surface area contributed by atoms with E-state index >= 15 is 0 Å². The molecule has 2 aromatic carbocycles. The third-order valence-corrected chi connectivity index (χ3v) is 13.9. The Balaban J connectivity index is 1.24. The molecule has 432 valence electrons. The minimum Gasteiger partial charge on any atom is -0.508 e. The molecular formula is C54H75N15O11. The molecule has 6 rings (SSSR count). The van der Waals surface area contributed by atoms with Crippen LogP contribution in [0.2, 0.25) is 0 Å². The number of Topliss-reactive ketones (excluding diaryl/α,β-unsaturated/α-hetero) is 1. The summed E-state index contributed by atoms with van der Waals surface area (Å²) in [4.78, 5) is 140. The van der Waals surface area contributed by atoms with Crippen molar-refractivity contribution < 1.29 is 53.4 Å². The highest BCUT2D eigenvalue weighted by molar-refractivity contribution is 6.03. The Morgan fingerprint density at radius 2 is 1.59 bits per heavy atom. The van der Waals surface area contributed by atoms with Crippen LogP contribution in [0.15, 0.2) is 72.2 Å². The predicted molar refractivity (Wildman–Crippen MR) is 293 cm³/mol. The molecule has 0 bridgehead atoms. The van der Waals surface area contributed by atoms with Crippen molar-refractivity contribution in [2.24, 2.45) is 22.4 Å². The van der Waals surface area contributed by atoms with E-state index in [0.29, 0.717) is 49.0 Å². The maximum atomic E-state index is 14.8. The first kappa shape index (κ1) is 61.1. The number of aromatic hydroxyl groups is 1. The van der Waals surface area contributed by atoms with Crippen LogP contribution in [0.5, 0.6) is 5.75 Å². The number of nitrogens with zero attached hydrogens (tertiary/aromatic N) is 4. The number of carbonyl (C=O) groups excluding carboxylic acids is 9. The fourth-order valence-corrected chi connectivity index (χ4v) is 9.80. The summed E-state index contributed by atoms with van der Waals surface area (Å²) < 4.78 is 0. The lowest BCUT2D eigenvalue weighted by Gasteiger charge is -2.35. The number of ketones is 1. The number of carbonyl (C=O) groups is 9. The number of guanidine groups is 1. The molecule has 8 atom stereocenters. The molecule has 2 saturated heterocycles. The Labute approximate surface area is 462 Å². The molecule has 4 aromatic rings. The highest BCUT2D eigenvalue weighted by atomic mass is 16.3. The first-order chi connectivity index (χ1) is 38.4. The van der Waals surface area contributed by atoms with Crippen molar-refractivity contribution >= 4 is 70.3 Å². The predicted octanol–water partition coefficient (Wildman–Crippen LogP) is -1.63. The number of fused-ring (bicyclic) bond motifs is 1. The van der Waals surface area contributed by atoms with Gasteiger partial charge in [-0.1, -0.05) is 51.1 Å². The molecule has 26 nitrogen and oxygen atoms in total. The van der Waals surface area contributed by atoms with Crippen molar-refractivity contribution in [1.29, 1.82) is 0 Å². The summed E-state index contributed by atoms with van der Waals surface area (Å²) in [5, 5.41) is 39.5.